The van der Waals surface area contributed by atoms with Crippen LogP contribution in [0.15, 0.2) is 47.6 Å². The molecule has 0 fully saturated rings. The third kappa shape index (κ3) is 5.11. The van der Waals surface area contributed by atoms with E-state index in [0.717, 1.165) is 5.56 Å². The summed E-state index contributed by atoms with van der Waals surface area (Å²) in [4.78, 5) is 30.8. The van der Waals surface area contributed by atoms with Crippen LogP contribution in [0.1, 0.15) is 5.56 Å². The van der Waals surface area contributed by atoms with Gasteiger partial charge >= 0.3 is 11.8 Å². The third-order valence-corrected chi connectivity index (χ3v) is 3.88. The maximum Gasteiger partial charge on any atom is 0.316 e. The molecule has 126 valence electrons. The predicted octanol–water partition coefficient (Wildman–Crippen LogP) is -0.579. The molecule has 0 saturated carbocycles. The van der Waals surface area contributed by atoms with Gasteiger partial charge in [-0.2, -0.15) is 0 Å². The summed E-state index contributed by atoms with van der Waals surface area (Å²) in [5.41, 5.74) is 0.787. The van der Waals surface area contributed by atoms with Crippen molar-refractivity contribution in [1.29, 1.82) is 0 Å². The van der Waals surface area contributed by atoms with Gasteiger partial charge in [-0.1, -0.05) is 12.1 Å². The van der Waals surface area contributed by atoms with Gasteiger partial charge in [0.1, 0.15) is 0 Å². The van der Waals surface area contributed by atoms with Gasteiger partial charge in [-0.3, -0.25) is 14.9 Å². The smallest absolute Gasteiger partial charge is 0.316 e. The van der Waals surface area contributed by atoms with Crippen molar-refractivity contribution in [2.75, 3.05) is 11.9 Å². The Kier molecular flexibility index (Phi) is 5.55. The minimum Gasteiger partial charge on any atom is -0.347 e. The molecule has 1 aromatic heterocycles. The van der Waals surface area contributed by atoms with E-state index in [1.165, 1.54) is 24.5 Å². The van der Waals surface area contributed by atoms with Crippen molar-refractivity contribution >= 4 is 27.8 Å². The number of carbonyl (C=O) groups excluding carboxylic acids is 2. The van der Waals surface area contributed by atoms with Crippen LogP contribution in [0, 0.1) is 0 Å². The minimum absolute atomic E-state index is 0.0116. The number of hydrogen-bond donors (Lipinski definition) is 3. The fraction of sp³-hybridized carbons (Fsp3) is 0.143. The maximum absolute atomic E-state index is 11.6. The molecule has 0 atom stereocenters. The highest BCUT2D eigenvalue weighted by Crippen LogP contribution is 2.08. The molecule has 4 N–H and O–H groups in total. The Bertz CT molecular complexity index is 822. The van der Waals surface area contributed by atoms with Crippen LogP contribution in [-0.4, -0.2) is 36.7 Å². The van der Waals surface area contributed by atoms with E-state index in [0.29, 0.717) is 6.42 Å². The average Bonchev–Trinajstić information content (AvgIpc) is 2.55. The van der Waals surface area contributed by atoms with Gasteiger partial charge in [-0.25, -0.2) is 23.5 Å². The third-order valence-electron chi connectivity index (χ3n) is 2.95. The maximum atomic E-state index is 11.6. The Balaban J connectivity index is 1.81. The van der Waals surface area contributed by atoms with E-state index in [-0.39, 0.29) is 17.4 Å². The molecule has 0 spiro atoms. The lowest BCUT2D eigenvalue weighted by molar-refractivity contribution is -0.136. The Morgan fingerprint density at radius 1 is 1.04 bits per heavy atom. The lowest BCUT2D eigenvalue weighted by atomic mass is 10.1. The molecule has 1 heterocycles. The highest BCUT2D eigenvalue weighted by atomic mass is 32.2. The lowest BCUT2D eigenvalue weighted by Gasteiger charge is -2.06. The Hall–Kier alpha value is -2.85. The first-order chi connectivity index (χ1) is 11.4. The van der Waals surface area contributed by atoms with Gasteiger partial charge < -0.3 is 5.32 Å². The molecule has 0 aliphatic carbocycles. The van der Waals surface area contributed by atoms with E-state index in [1.54, 1.807) is 18.2 Å². The number of rotatable bonds is 5. The van der Waals surface area contributed by atoms with Crippen molar-refractivity contribution in [3.8, 4) is 0 Å². The van der Waals surface area contributed by atoms with Gasteiger partial charge in [0.25, 0.3) is 0 Å². The van der Waals surface area contributed by atoms with Crippen molar-refractivity contribution in [2.24, 2.45) is 5.14 Å². The molecule has 0 bridgehead atoms. The Morgan fingerprint density at radius 2 is 1.67 bits per heavy atom. The van der Waals surface area contributed by atoms with E-state index >= 15 is 0 Å². The monoisotopic (exact) mass is 349 g/mol. The number of carbonyl (C=O) groups is 2. The molecule has 1 aromatic carbocycles. The number of hydrogen-bond acceptors (Lipinski definition) is 6. The highest BCUT2D eigenvalue weighted by molar-refractivity contribution is 7.89. The van der Waals surface area contributed by atoms with Crippen molar-refractivity contribution in [3.63, 3.8) is 0 Å². The second-order valence-corrected chi connectivity index (χ2v) is 6.28. The summed E-state index contributed by atoms with van der Waals surface area (Å²) < 4.78 is 22.3. The molecule has 10 heteroatoms. The number of nitrogens with zero attached hydrogens (tertiary/aromatic N) is 2. The van der Waals surface area contributed by atoms with Crippen LogP contribution >= 0.6 is 0 Å². The lowest BCUT2D eigenvalue weighted by Crippen LogP contribution is -2.36. The molecular weight excluding hydrogens is 334 g/mol. The molecular formula is C14H15N5O4S. The predicted molar refractivity (Wildman–Crippen MR) is 85.2 cm³/mol. The van der Waals surface area contributed by atoms with Gasteiger partial charge in [-0.15, -0.1) is 0 Å². The number of benzene rings is 1. The summed E-state index contributed by atoms with van der Waals surface area (Å²) in [6.45, 7) is 0.205. The normalized spacial score (nSPS) is 10.9. The quantitative estimate of drug-likeness (QED) is 0.616. The van der Waals surface area contributed by atoms with Crippen molar-refractivity contribution in [2.45, 2.75) is 11.3 Å². The summed E-state index contributed by atoms with van der Waals surface area (Å²) in [5, 5.41) is 9.71. The summed E-state index contributed by atoms with van der Waals surface area (Å²) in [6, 6.07) is 7.52. The van der Waals surface area contributed by atoms with Crippen LogP contribution in [0.3, 0.4) is 0 Å². The summed E-state index contributed by atoms with van der Waals surface area (Å²) in [5.74, 6) is -1.65. The largest absolute Gasteiger partial charge is 0.347 e. The van der Waals surface area contributed by atoms with Crippen LogP contribution in [-0.2, 0) is 26.0 Å². The van der Waals surface area contributed by atoms with E-state index in [4.69, 9.17) is 5.14 Å². The van der Waals surface area contributed by atoms with Crippen molar-refractivity contribution < 1.29 is 18.0 Å². The molecule has 0 aliphatic heterocycles. The first-order valence-electron chi connectivity index (χ1n) is 6.84. The second-order valence-electron chi connectivity index (χ2n) is 4.72. The van der Waals surface area contributed by atoms with E-state index in [9.17, 15) is 18.0 Å². The molecule has 2 rings (SSSR count). The minimum atomic E-state index is -3.73. The fourth-order valence-electron chi connectivity index (χ4n) is 1.77. The van der Waals surface area contributed by atoms with Gasteiger partial charge in [0.15, 0.2) is 0 Å². The Morgan fingerprint density at radius 3 is 2.25 bits per heavy atom. The molecule has 0 unspecified atom stereocenters. The van der Waals surface area contributed by atoms with E-state index < -0.39 is 21.8 Å². The highest BCUT2D eigenvalue weighted by Gasteiger charge is 2.14. The van der Waals surface area contributed by atoms with Gasteiger partial charge in [0.2, 0.25) is 16.0 Å². The number of nitrogens with two attached hydrogens (primary N) is 1. The van der Waals surface area contributed by atoms with Crippen molar-refractivity contribution in [1.82, 2.24) is 15.3 Å². The molecule has 24 heavy (non-hydrogen) atoms. The molecule has 0 radical (unpaired) electrons. The average molecular weight is 349 g/mol. The zero-order valence-corrected chi connectivity index (χ0v) is 13.3. The summed E-state index contributed by atoms with van der Waals surface area (Å²) in [7, 11) is -3.73. The first kappa shape index (κ1) is 17.5. The van der Waals surface area contributed by atoms with Gasteiger partial charge in [-0.05, 0) is 30.2 Å². The molecule has 2 aromatic rings. The van der Waals surface area contributed by atoms with Crippen LogP contribution in [0.25, 0.3) is 0 Å². The van der Waals surface area contributed by atoms with E-state index in [2.05, 4.69) is 20.6 Å². The van der Waals surface area contributed by atoms with Gasteiger partial charge in [0.05, 0.1) is 4.90 Å². The number of primary sulfonamides is 1. The molecule has 0 aliphatic rings. The number of amides is 2. The number of sulfonamides is 1. The van der Waals surface area contributed by atoms with Crippen LogP contribution in [0.2, 0.25) is 0 Å². The number of anilines is 1. The Labute approximate surface area is 138 Å². The zero-order valence-electron chi connectivity index (χ0n) is 12.5. The fourth-order valence-corrected chi connectivity index (χ4v) is 2.28. The molecule has 2 amide bonds. The number of nitrogens with one attached hydrogen (secondary N) is 2. The van der Waals surface area contributed by atoms with E-state index in [1.807, 2.05) is 0 Å². The van der Waals surface area contributed by atoms with Crippen LogP contribution in [0.5, 0.6) is 0 Å². The summed E-state index contributed by atoms with van der Waals surface area (Å²) >= 11 is 0. The van der Waals surface area contributed by atoms with Gasteiger partial charge in [0, 0.05) is 18.9 Å². The zero-order chi connectivity index (χ0) is 17.6. The summed E-state index contributed by atoms with van der Waals surface area (Å²) in [6.07, 6.45) is 3.29. The molecule has 9 nitrogen and oxygen atoms in total. The van der Waals surface area contributed by atoms with Crippen molar-refractivity contribution in [3.05, 3.63) is 48.3 Å². The van der Waals surface area contributed by atoms with Crippen LogP contribution < -0.4 is 15.8 Å². The first-order valence-corrected chi connectivity index (χ1v) is 8.39. The molecule has 0 saturated heterocycles. The SMILES string of the molecule is NS(=O)(=O)c1ccc(CCNC(=O)C(=O)Nc2ncccn2)cc1. The topological polar surface area (TPSA) is 144 Å². The number of aromatic nitrogens is 2. The van der Waals surface area contributed by atoms with Crippen LogP contribution in [0.4, 0.5) is 5.95 Å². The second kappa shape index (κ2) is 7.62. The standard InChI is InChI=1S/C14H15N5O4S/c15-24(22,23)11-4-2-10(3-5-11)6-9-16-12(20)13(21)19-14-17-7-1-8-18-14/h1-5,7-8H,6,9H2,(H,16,20)(H2,15,22,23)(H,17,18,19,21).